The minimum absolute atomic E-state index is 0.142. The van der Waals surface area contributed by atoms with Crippen LogP contribution >= 0.6 is 12.2 Å². The van der Waals surface area contributed by atoms with Crippen LogP contribution in [0.25, 0.3) is 0 Å². The number of rotatable bonds is 7. The maximum Gasteiger partial charge on any atom is 0.202 e. The van der Waals surface area contributed by atoms with Crippen molar-refractivity contribution in [2.24, 2.45) is 13.0 Å². The molecule has 0 bridgehead atoms. The van der Waals surface area contributed by atoms with Crippen LogP contribution in [-0.4, -0.2) is 48.4 Å². The van der Waals surface area contributed by atoms with Gasteiger partial charge in [0.2, 0.25) is 4.77 Å². The van der Waals surface area contributed by atoms with E-state index in [0.29, 0.717) is 24.3 Å². The molecule has 0 saturated carbocycles. The Morgan fingerprint density at radius 1 is 1.33 bits per heavy atom. The summed E-state index contributed by atoms with van der Waals surface area (Å²) in [7, 11) is 2.79. The Balaban J connectivity index is 1.65. The summed E-state index contributed by atoms with van der Waals surface area (Å²) in [5.41, 5.74) is 1.21. The maximum atomic E-state index is 11.7. The van der Waals surface area contributed by atoms with E-state index in [4.69, 9.17) is 17.0 Å². The van der Waals surface area contributed by atoms with Gasteiger partial charge in [-0.15, -0.1) is 0 Å². The summed E-state index contributed by atoms with van der Waals surface area (Å²) in [6, 6.07) is 8.05. The number of nitrogens with zero attached hydrogens (tertiary/aromatic N) is 3. The average Bonchev–Trinajstić information content (AvgIpc) is 3.09. The van der Waals surface area contributed by atoms with E-state index in [9.17, 15) is 8.42 Å². The molecule has 1 N–H and O–H groups in total. The Kier molecular flexibility index (Phi) is 6.02. The molecule has 148 valence electrons. The zero-order valence-corrected chi connectivity index (χ0v) is 17.6. The molecule has 3 rings (SSSR count). The zero-order chi connectivity index (χ0) is 19.6. The van der Waals surface area contributed by atoms with Crippen molar-refractivity contribution in [1.29, 1.82) is 0 Å². The van der Waals surface area contributed by atoms with E-state index < -0.39 is 9.84 Å². The lowest BCUT2D eigenvalue weighted by Crippen LogP contribution is -3.07. The van der Waals surface area contributed by atoms with Gasteiger partial charge in [0.25, 0.3) is 0 Å². The number of hydrogen-bond donors (Lipinski definition) is 1. The molecule has 0 aliphatic carbocycles. The fourth-order valence-corrected chi connectivity index (χ4v) is 5.58. The molecule has 2 aromatic rings. The first kappa shape index (κ1) is 20.0. The molecule has 1 fully saturated rings. The first-order chi connectivity index (χ1) is 12.8. The topological polar surface area (TPSA) is 70.6 Å². The van der Waals surface area contributed by atoms with Crippen molar-refractivity contribution >= 4 is 22.1 Å². The summed E-state index contributed by atoms with van der Waals surface area (Å²) < 4.78 is 33.0. The van der Waals surface area contributed by atoms with Crippen molar-refractivity contribution in [2.75, 3.05) is 25.7 Å². The summed E-state index contributed by atoms with van der Waals surface area (Å²) in [5.74, 6) is 2.40. The van der Waals surface area contributed by atoms with Crippen molar-refractivity contribution in [3.05, 3.63) is 40.4 Å². The lowest BCUT2D eigenvalue weighted by Gasteiger charge is -2.14. The van der Waals surface area contributed by atoms with E-state index in [1.807, 2.05) is 28.4 Å². The second-order valence-corrected chi connectivity index (χ2v) is 9.96. The van der Waals surface area contributed by atoms with Crippen LogP contribution in [0.15, 0.2) is 24.3 Å². The molecular formula is C18H27N4O3S2+. The quantitative estimate of drug-likeness (QED) is 0.676. The fourth-order valence-electron chi connectivity index (χ4n) is 3.51. The van der Waals surface area contributed by atoms with E-state index in [-0.39, 0.29) is 17.4 Å². The first-order valence-corrected chi connectivity index (χ1v) is 11.3. The second kappa shape index (κ2) is 8.12. The molecule has 9 heteroatoms. The summed E-state index contributed by atoms with van der Waals surface area (Å²) in [6.45, 7) is 1.50. The molecule has 1 unspecified atom stereocenters. The van der Waals surface area contributed by atoms with E-state index in [0.717, 1.165) is 18.1 Å². The summed E-state index contributed by atoms with van der Waals surface area (Å²) in [4.78, 5) is 1.25. The van der Waals surface area contributed by atoms with Crippen LogP contribution in [0.1, 0.15) is 17.8 Å². The Bertz CT molecular complexity index is 948. The minimum Gasteiger partial charge on any atom is -0.497 e. The smallest absolute Gasteiger partial charge is 0.202 e. The van der Waals surface area contributed by atoms with Gasteiger partial charge in [0.1, 0.15) is 18.1 Å². The molecule has 1 aliphatic heterocycles. The lowest BCUT2D eigenvalue weighted by atomic mass is 10.1. The van der Waals surface area contributed by atoms with Crippen LogP contribution in [0, 0.1) is 10.7 Å². The van der Waals surface area contributed by atoms with Crippen molar-refractivity contribution in [3.8, 4) is 5.75 Å². The summed E-state index contributed by atoms with van der Waals surface area (Å²) in [6.07, 6.45) is 1.37. The molecule has 0 amide bonds. The fraction of sp³-hybridized carbons (Fsp3) is 0.556. The van der Waals surface area contributed by atoms with Crippen LogP contribution in [0.5, 0.6) is 5.75 Å². The van der Waals surface area contributed by atoms with Gasteiger partial charge in [0, 0.05) is 19.0 Å². The van der Waals surface area contributed by atoms with Gasteiger partial charge in [0.15, 0.2) is 16.5 Å². The van der Waals surface area contributed by atoms with Crippen molar-refractivity contribution in [3.63, 3.8) is 0 Å². The average molecular weight is 412 g/mol. The summed E-state index contributed by atoms with van der Waals surface area (Å²) in [5, 5.41) is 4.67. The van der Waals surface area contributed by atoms with E-state index in [1.165, 1.54) is 10.5 Å². The number of aromatic nitrogens is 3. The SMILES string of the molecule is COc1ccc(C[NH+](C)Cn2nc(C[C@@H]3CCS(=O)(=O)C3)n(C)c2=S)cc1. The molecule has 0 spiro atoms. The van der Waals surface area contributed by atoms with Gasteiger partial charge in [-0.2, -0.15) is 9.78 Å². The molecule has 2 atom stereocenters. The highest BCUT2D eigenvalue weighted by molar-refractivity contribution is 7.91. The van der Waals surface area contributed by atoms with Crippen molar-refractivity contribution in [1.82, 2.24) is 14.3 Å². The second-order valence-electron chi connectivity index (χ2n) is 7.37. The molecule has 27 heavy (non-hydrogen) atoms. The van der Waals surface area contributed by atoms with Crippen LogP contribution < -0.4 is 9.64 Å². The van der Waals surface area contributed by atoms with E-state index >= 15 is 0 Å². The van der Waals surface area contributed by atoms with Gasteiger partial charge in [-0.05, 0) is 48.8 Å². The maximum absolute atomic E-state index is 11.7. The molecule has 1 saturated heterocycles. The van der Waals surface area contributed by atoms with Gasteiger partial charge in [-0.3, -0.25) is 0 Å². The molecule has 2 heterocycles. The van der Waals surface area contributed by atoms with Gasteiger partial charge in [-0.1, -0.05) is 0 Å². The highest BCUT2D eigenvalue weighted by Gasteiger charge is 2.29. The Labute approximate surface area is 165 Å². The number of ether oxygens (including phenoxy) is 1. The lowest BCUT2D eigenvalue weighted by molar-refractivity contribution is -0.917. The number of benzene rings is 1. The highest BCUT2D eigenvalue weighted by Crippen LogP contribution is 2.22. The number of quaternary nitrogens is 1. The Hall–Kier alpha value is -1.71. The molecule has 1 aliphatic rings. The molecule has 7 nitrogen and oxygen atoms in total. The monoisotopic (exact) mass is 411 g/mol. The van der Waals surface area contributed by atoms with Crippen LogP contribution in [0.2, 0.25) is 0 Å². The number of methoxy groups -OCH3 is 1. The zero-order valence-electron chi connectivity index (χ0n) is 16.0. The number of hydrogen-bond acceptors (Lipinski definition) is 5. The predicted molar refractivity (Wildman–Crippen MR) is 106 cm³/mol. The number of nitrogens with one attached hydrogen (secondary N) is 1. The molecular weight excluding hydrogens is 384 g/mol. The highest BCUT2D eigenvalue weighted by atomic mass is 32.2. The predicted octanol–water partition coefficient (Wildman–Crippen LogP) is 0.609. The standard InChI is InChI=1S/C18H26N4O3S2/c1-20(11-14-4-6-16(25-3)7-5-14)13-22-18(26)21(2)17(19-22)10-15-8-9-27(23,24)12-15/h4-7,15H,8-13H2,1-3H3/p+1/t15-/m0/s1. The van der Waals surface area contributed by atoms with E-state index in [1.54, 1.807) is 7.11 Å². The van der Waals surface area contributed by atoms with Crippen LogP contribution in [0.4, 0.5) is 0 Å². The Morgan fingerprint density at radius 2 is 2.04 bits per heavy atom. The van der Waals surface area contributed by atoms with Gasteiger partial charge in [-0.25, -0.2) is 8.42 Å². The third-order valence-electron chi connectivity index (χ3n) is 5.01. The summed E-state index contributed by atoms with van der Waals surface area (Å²) >= 11 is 5.53. The van der Waals surface area contributed by atoms with Gasteiger partial charge >= 0.3 is 0 Å². The van der Waals surface area contributed by atoms with Crippen molar-refractivity contribution < 1.29 is 18.1 Å². The normalized spacial score (nSPS) is 19.9. The third-order valence-corrected chi connectivity index (χ3v) is 7.34. The minimum atomic E-state index is -2.87. The van der Waals surface area contributed by atoms with Crippen LogP contribution in [-0.2, 0) is 36.5 Å². The molecule has 1 aromatic carbocycles. The van der Waals surface area contributed by atoms with Crippen molar-refractivity contribution in [2.45, 2.75) is 26.1 Å². The first-order valence-electron chi connectivity index (χ1n) is 9.05. The Morgan fingerprint density at radius 3 is 2.63 bits per heavy atom. The van der Waals surface area contributed by atoms with Crippen LogP contribution in [0.3, 0.4) is 0 Å². The molecule has 0 radical (unpaired) electrons. The van der Waals surface area contributed by atoms with Gasteiger partial charge < -0.3 is 14.2 Å². The third kappa shape index (κ3) is 4.97. The number of sulfone groups is 1. The molecule has 1 aromatic heterocycles. The van der Waals surface area contributed by atoms with E-state index in [2.05, 4.69) is 24.3 Å². The van der Waals surface area contributed by atoms with Gasteiger partial charge in [0.05, 0.1) is 25.7 Å². The largest absolute Gasteiger partial charge is 0.497 e.